The topological polar surface area (TPSA) is 219 Å². The minimum atomic E-state index is -4.45. The van der Waals surface area contributed by atoms with Gasteiger partial charge in [0.2, 0.25) is 5.69 Å². The SMILES string of the molecule is CC1(C)C(/C=C/C=C/C=C/C=C2\N(CCCS(=O)(=O)[O-])c3sc4ccccc4c3C2(C)CCCS(=O)(=O)O)=[N+](CCC(=O)O)c2ccc(OCCCS(=O)(=O)O)cc21. The van der Waals surface area contributed by atoms with E-state index >= 15 is 0 Å². The molecular formula is C40H48N2O12S4. The highest BCUT2D eigenvalue weighted by Gasteiger charge is 2.46. The van der Waals surface area contributed by atoms with Gasteiger partial charge in [0.25, 0.3) is 20.2 Å². The van der Waals surface area contributed by atoms with Crippen LogP contribution >= 0.6 is 11.3 Å². The highest BCUT2D eigenvalue weighted by Crippen LogP contribution is 2.57. The van der Waals surface area contributed by atoms with Gasteiger partial charge in [0.1, 0.15) is 17.2 Å². The zero-order valence-electron chi connectivity index (χ0n) is 32.4. The molecule has 3 heterocycles. The molecule has 3 aromatic rings. The van der Waals surface area contributed by atoms with E-state index in [1.807, 2.05) is 109 Å². The van der Waals surface area contributed by atoms with E-state index in [1.165, 1.54) is 11.3 Å². The van der Waals surface area contributed by atoms with Crippen LogP contribution in [-0.4, -0.2) is 97.2 Å². The summed E-state index contributed by atoms with van der Waals surface area (Å²) in [4.78, 5) is 13.6. The first-order valence-electron chi connectivity index (χ1n) is 18.6. The minimum absolute atomic E-state index is 0.0794. The molecule has 3 N–H and O–H groups in total. The van der Waals surface area contributed by atoms with Crippen molar-refractivity contribution in [1.82, 2.24) is 0 Å². The third kappa shape index (κ3) is 11.1. The van der Waals surface area contributed by atoms with E-state index in [0.717, 1.165) is 43.3 Å². The molecule has 0 spiro atoms. The molecule has 5 rings (SSSR count). The number of allylic oxidation sites excluding steroid dienone is 8. The average molecular weight is 877 g/mol. The van der Waals surface area contributed by atoms with Gasteiger partial charge in [-0.25, -0.2) is 8.42 Å². The number of anilines is 1. The number of aliphatic carboxylic acids is 1. The molecule has 0 saturated heterocycles. The fraction of sp³-hybridized carbons (Fsp3) is 0.400. The molecule has 18 heteroatoms. The molecule has 2 aliphatic rings. The standard InChI is InChI=1S/C40H48N2O12S4/c1-39(2)31-28-29(54-24-13-27-58(51,52)53)18-19-32(31)41(23-20-36(43)44)34(39)16-7-5-4-6-8-17-35-40(3,21-11-25-56(45,46)47)37-30-14-9-10-15-33(30)55-38(37)42(35)22-12-26-57(48,49)50/h4-10,14-19,28H,11-13,20-27H2,1-3H3,(H3-,43,44,45,46,47,48,49,50,51,52,53). The third-order valence-corrected chi connectivity index (χ3v) is 13.9. The molecule has 1 unspecified atom stereocenters. The van der Waals surface area contributed by atoms with Crippen LogP contribution in [0.2, 0.25) is 0 Å². The maximum atomic E-state index is 11.7. The fourth-order valence-electron chi connectivity index (χ4n) is 7.66. The van der Waals surface area contributed by atoms with Crippen molar-refractivity contribution in [3.8, 4) is 5.75 Å². The summed E-state index contributed by atoms with van der Waals surface area (Å²) in [6.45, 7) is 6.57. The summed E-state index contributed by atoms with van der Waals surface area (Å²) in [5.41, 5.74) is 3.07. The van der Waals surface area contributed by atoms with Crippen LogP contribution in [0, 0.1) is 0 Å². The Hall–Kier alpha value is -4.17. The van der Waals surface area contributed by atoms with Crippen LogP contribution in [0.5, 0.6) is 5.75 Å². The predicted octanol–water partition coefficient (Wildman–Crippen LogP) is 6.34. The molecule has 58 heavy (non-hydrogen) atoms. The largest absolute Gasteiger partial charge is 0.748 e. The van der Waals surface area contributed by atoms with Crippen molar-refractivity contribution in [1.29, 1.82) is 0 Å². The van der Waals surface area contributed by atoms with Gasteiger partial charge in [-0.15, -0.1) is 11.3 Å². The Kier molecular flexibility index (Phi) is 13.9. The van der Waals surface area contributed by atoms with E-state index in [1.54, 1.807) is 6.07 Å². The van der Waals surface area contributed by atoms with Crippen molar-refractivity contribution >= 4 is 74.1 Å². The molecule has 0 bridgehead atoms. The Labute approximate surface area is 343 Å². The maximum Gasteiger partial charge on any atom is 0.309 e. The lowest BCUT2D eigenvalue weighted by Crippen LogP contribution is -2.30. The van der Waals surface area contributed by atoms with Crippen molar-refractivity contribution in [2.75, 3.05) is 41.9 Å². The van der Waals surface area contributed by atoms with E-state index in [9.17, 15) is 44.3 Å². The summed E-state index contributed by atoms with van der Waals surface area (Å²) >= 11 is 1.53. The van der Waals surface area contributed by atoms with Gasteiger partial charge < -0.3 is 19.3 Å². The zero-order valence-corrected chi connectivity index (χ0v) is 35.7. The Morgan fingerprint density at radius 3 is 2.26 bits per heavy atom. The molecule has 14 nitrogen and oxygen atoms in total. The second-order valence-corrected chi connectivity index (χ2v) is 20.6. The van der Waals surface area contributed by atoms with E-state index in [2.05, 4.69) is 0 Å². The monoisotopic (exact) mass is 876 g/mol. The lowest BCUT2D eigenvalue weighted by atomic mass is 9.77. The second kappa shape index (κ2) is 18.0. The van der Waals surface area contributed by atoms with Crippen LogP contribution in [-0.2, 0) is 46.0 Å². The smallest absolute Gasteiger partial charge is 0.309 e. The van der Waals surface area contributed by atoms with E-state index in [0.29, 0.717) is 12.2 Å². The lowest BCUT2D eigenvalue weighted by Gasteiger charge is -2.31. The highest BCUT2D eigenvalue weighted by atomic mass is 32.2. The molecule has 0 aliphatic carbocycles. The zero-order chi connectivity index (χ0) is 42.5. The maximum absolute atomic E-state index is 11.7. The summed E-state index contributed by atoms with van der Waals surface area (Å²) in [5, 5.41) is 11.4. The number of carboxylic acids is 1. The van der Waals surface area contributed by atoms with Crippen molar-refractivity contribution in [2.24, 2.45) is 0 Å². The van der Waals surface area contributed by atoms with E-state index in [-0.39, 0.29) is 45.4 Å². The quantitative estimate of drug-likeness (QED) is 0.0489. The van der Waals surface area contributed by atoms with Crippen molar-refractivity contribution in [2.45, 2.75) is 63.7 Å². The summed E-state index contributed by atoms with van der Waals surface area (Å²) in [6, 6.07) is 13.3. The fourth-order valence-corrected chi connectivity index (χ4v) is 10.5. The van der Waals surface area contributed by atoms with Crippen molar-refractivity contribution in [3.05, 3.63) is 102 Å². The first-order valence-corrected chi connectivity index (χ1v) is 24.2. The summed E-state index contributed by atoms with van der Waals surface area (Å²) in [5.74, 6) is -1.81. The summed E-state index contributed by atoms with van der Waals surface area (Å²) in [7, 11) is -12.8. The van der Waals surface area contributed by atoms with Gasteiger partial charge in [-0.1, -0.05) is 48.6 Å². The minimum Gasteiger partial charge on any atom is -0.748 e. The lowest BCUT2D eigenvalue weighted by molar-refractivity contribution is -0.436. The van der Waals surface area contributed by atoms with Crippen LogP contribution in [0.15, 0.2) is 90.7 Å². The van der Waals surface area contributed by atoms with Gasteiger partial charge in [-0.2, -0.15) is 21.4 Å². The molecule has 1 aromatic heterocycles. The number of carbonyl (C=O) groups is 1. The number of rotatable bonds is 20. The van der Waals surface area contributed by atoms with Gasteiger partial charge in [0.05, 0.1) is 33.6 Å². The number of benzene rings is 2. The molecule has 0 radical (unpaired) electrons. The van der Waals surface area contributed by atoms with Gasteiger partial charge in [-0.3, -0.25) is 13.9 Å². The molecular weight excluding hydrogens is 829 g/mol. The number of hydrogen-bond acceptors (Lipinski definition) is 11. The first kappa shape index (κ1) is 44.9. The summed E-state index contributed by atoms with van der Waals surface area (Å²) < 4.78 is 107. The van der Waals surface area contributed by atoms with Crippen LogP contribution in [0.4, 0.5) is 10.7 Å². The average Bonchev–Trinajstić information content (AvgIpc) is 3.67. The molecule has 0 amide bonds. The highest BCUT2D eigenvalue weighted by molar-refractivity contribution is 7.86. The molecule has 0 fully saturated rings. The molecule has 2 aliphatic heterocycles. The van der Waals surface area contributed by atoms with Crippen LogP contribution in [0.1, 0.15) is 64.0 Å². The predicted molar refractivity (Wildman–Crippen MR) is 225 cm³/mol. The van der Waals surface area contributed by atoms with Crippen molar-refractivity contribution < 1.29 is 58.1 Å². The third-order valence-electron chi connectivity index (χ3n) is 10.3. The normalized spacial score (nSPS) is 19.1. The molecule has 2 aromatic carbocycles. The van der Waals surface area contributed by atoms with Gasteiger partial charge in [-0.05, 0) is 76.1 Å². The summed E-state index contributed by atoms with van der Waals surface area (Å²) in [6.07, 6.45) is 13.6. The van der Waals surface area contributed by atoms with E-state index in [4.69, 9.17) is 9.29 Å². The Morgan fingerprint density at radius 2 is 1.57 bits per heavy atom. The number of carboxylic acid groups (broad SMARTS) is 1. The van der Waals surface area contributed by atoms with Crippen LogP contribution < -0.4 is 9.64 Å². The Morgan fingerprint density at radius 1 is 0.897 bits per heavy atom. The van der Waals surface area contributed by atoms with Gasteiger partial charge in [0, 0.05) is 51.4 Å². The second-order valence-electron chi connectivity index (χ2n) is 14.9. The number of ether oxygens (including phenoxy) is 1. The van der Waals surface area contributed by atoms with Crippen LogP contribution in [0.25, 0.3) is 10.1 Å². The van der Waals surface area contributed by atoms with E-state index < -0.39 is 64.4 Å². The molecule has 1 atom stereocenters. The molecule has 0 saturated carbocycles. The number of hydrogen-bond donors (Lipinski definition) is 3. The van der Waals surface area contributed by atoms with Crippen molar-refractivity contribution in [3.63, 3.8) is 0 Å². The number of fused-ring (bicyclic) bond motifs is 4. The van der Waals surface area contributed by atoms with Gasteiger partial charge >= 0.3 is 5.97 Å². The first-order chi connectivity index (χ1) is 27.1. The van der Waals surface area contributed by atoms with Gasteiger partial charge in [0.15, 0.2) is 12.3 Å². The number of thiophene rings is 1. The number of nitrogens with zero attached hydrogens (tertiary/aromatic N) is 2. The Bertz CT molecular complexity index is 2530. The van der Waals surface area contributed by atoms with Crippen LogP contribution in [0.3, 0.4) is 0 Å². The Balaban J connectivity index is 1.41. The molecule has 314 valence electrons.